The maximum atomic E-state index is 11.2. The molecule has 20 heavy (non-hydrogen) atoms. The Hall–Kier alpha value is -2.64. The summed E-state index contributed by atoms with van der Waals surface area (Å²) in [6.45, 7) is 0. The Kier molecular flexibility index (Phi) is 3.55. The molecule has 0 bridgehead atoms. The van der Waals surface area contributed by atoms with Gasteiger partial charge in [0.25, 0.3) is 0 Å². The van der Waals surface area contributed by atoms with E-state index in [2.05, 4.69) is 10.1 Å². The molecule has 0 amide bonds. The third-order valence-corrected chi connectivity index (χ3v) is 2.81. The molecule has 0 spiro atoms. The molecule has 0 unspecified atom stereocenters. The largest absolute Gasteiger partial charge is 0.490 e. The molecule has 0 saturated carbocycles. The summed E-state index contributed by atoms with van der Waals surface area (Å²) in [5, 5.41) is 15.4. The van der Waals surface area contributed by atoms with Crippen molar-refractivity contribution in [2.75, 3.05) is 26.1 Å². The highest BCUT2D eigenvalue weighted by Gasteiger charge is 2.24. The maximum Gasteiger partial charge on any atom is 0.313 e. The van der Waals surface area contributed by atoms with Crippen LogP contribution in [0.1, 0.15) is 0 Å². The molecule has 0 fully saturated rings. The Morgan fingerprint density at radius 1 is 1.40 bits per heavy atom. The second-order valence-electron chi connectivity index (χ2n) is 4.44. The van der Waals surface area contributed by atoms with Crippen molar-refractivity contribution in [2.45, 2.75) is 0 Å². The van der Waals surface area contributed by atoms with Gasteiger partial charge in [0, 0.05) is 32.9 Å². The van der Waals surface area contributed by atoms with E-state index >= 15 is 0 Å². The number of methoxy groups -OCH3 is 1. The monoisotopic (exact) mass is 277 g/mol. The van der Waals surface area contributed by atoms with E-state index in [1.165, 1.54) is 24.2 Å². The maximum absolute atomic E-state index is 11.2. The van der Waals surface area contributed by atoms with E-state index in [0.717, 1.165) is 0 Å². The van der Waals surface area contributed by atoms with Gasteiger partial charge in [-0.05, 0) is 6.07 Å². The fourth-order valence-electron chi connectivity index (χ4n) is 1.84. The van der Waals surface area contributed by atoms with Crippen LogP contribution < -0.4 is 9.64 Å². The average molecular weight is 277 g/mol. The van der Waals surface area contributed by atoms with Gasteiger partial charge in [0.2, 0.25) is 5.75 Å². The zero-order valence-electron chi connectivity index (χ0n) is 11.7. The van der Waals surface area contributed by atoms with Gasteiger partial charge in [0.1, 0.15) is 6.33 Å². The lowest BCUT2D eigenvalue weighted by Gasteiger charge is -2.15. The molecule has 0 radical (unpaired) electrons. The first-order valence-electron chi connectivity index (χ1n) is 5.83. The minimum absolute atomic E-state index is 0.110. The van der Waals surface area contributed by atoms with Gasteiger partial charge in [-0.3, -0.25) is 14.8 Å². The molecule has 8 nitrogen and oxygen atoms in total. The lowest BCUT2D eigenvalue weighted by atomic mass is 10.1. The van der Waals surface area contributed by atoms with Gasteiger partial charge >= 0.3 is 5.69 Å². The predicted molar refractivity (Wildman–Crippen MR) is 74.0 cm³/mol. The van der Waals surface area contributed by atoms with Crippen molar-refractivity contribution < 1.29 is 9.66 Å². The van der Waals surface area contributed by atoms with E-state index in [1.807, 2.05) is 0 Å². The van der Waals surface area contributed by atoms with Crippen LogP contribution in [0.3, 0.4) is 0 Å². The van der Waals surface area contributed by atoms with Crippen LogP contribution in [0, 0.1) is 10.1 Å². The Labute approximate surface area is 115 Å². The number of nitro benzene ring substituents is 1. The topological polar surface area (TPSA) is 86.3 Å². The quantitative estimate of drug-likeness (QED) is 0.621. The van der Waals surface area contributed by atoms with E-state index < -0.39 is 4.92 Å². The molecule has 0 N–H and O–H groups in total. The molecular formula is C12H15N5O3. The number of aromatic nitrogens is 3. The van der Waals surface area contributed by atoms with Crippen molar-refractivity contribution >= 4 is 11.4 Å². The number of nitrogens with zero attached hydrogens (tertiary/aromatic N) is 5. The summed E-state index contributed by atoms with van der Waals surface area (Å²) in [4.78, 5) is 16.6. The highest BCUT2D eigenvalue weighted by molar-refractivity contribution is 5.76. The predicted octanol–water partition coefficient (Wildman–Crippen LogP) is 1.46. The minimum atomic E-state index is -0.474. The standard InChI is InChI=1S/C12H15N5O3/c1-15(2)8-5-9(12-13-7-16(3)14-12)11(20-4)10(6-8)17(18)19/h5-7H,1-4H3. The number of hydrogen-bond acceptors (Lipinski definition) is 6. The number of ether oxygens (including phenoxy) is 1. The molecule has 2 rings (SSSR count). The van der Waals surface area contributed by atoms with Crippen molar-refractivity contribution in [2.24, 2.45) is 7.05 Å². The third-order valence-electron chi connectivity index (χ3n) is 2.81. The molecule has 1 aromatic carbocycles. The van der Waals surface area contributed by atoms with Gasteiger partial charge in [-0.25, -0.2) is 4.98 Å². The van der Waals surface area contributed by atoms with Crippen LogP contribution in [0.2, 0.25) is 0 Å². The Morgan fingerprint density at radius 3 is 2.55 bits per heavy atom. The normalized spacial score (nSPS) is 10.4. The summed E-state index contributed by atoms with van der Waals surface area (Å²) in [6.07, 6.45) is 1.53. The molecule has 0 atom stereocenters. The molecule has 2 aromatic rings. The van der Waals surface area contributed by atoms with Crippen molar-refractivity contribution in [1.82, 2.24) is 14.8 Å². The SMILES string of the molecule is COc1c(-c2ncn(C)n2)cc(N(C)C)cc1[N+](=O)[O-]. The molecule has 0 aliphatic carbocycles. The van der Waals surface area contributed by atoms with Gasteiger partial charge in [-0.2, -0.15) is 5.10 Å². The zero-order chi connectivity index (χ0) is 14.9. The lowest BCUT2D eigenvalue weighted by molar-refractivity contribution is -0.385. The van der Waals surface area contributed by atoms with Crippen LogP contribution in [0.15, 0.2) is 18.5 Å². The second kappa shape index (κ2) is 5.16. The fourth-order valence-corrected chi connectivity index (χ4v) is 1.84. The van der Waals surface area contributed by atoms with E-state index in [1.54, 1.807) is 32.1 Å². The van der Waals surface area contributed by atoms with E-state index in [4.69, 9.17) is 4.74 Å². The van der Waals surface area contributed by atoms with E-state index in [0.29, 0.717) is 17.1 Å². The number of hydrogen-bond donors (Lipinski definition) is 0. The highest BCUT2D eigenvalue weighted by Crippen LogP contribution is 2.39. The number of rotatable bonds is 4. The summed E-state index contributed by atoms with van der Waals surface area (Å²) in [6, 6.07) is 3.23. The van der Waals surface area contributed by atoms with Gasteiger partial charge in [-0.1, -0.05) is 0 Å². The molecule has 0 aliphatic heterocycles. The van der Waals surface area contributed by atoms with Crippen molar-refractivity contribution in [3.05, 3.63) is 28.6 Å². The summed E-state index contributed by atoms with van der Waals surface area (Å²) < 4.78 is 6.72. The van der Waals surface area contributed by atoms with Crippen LogP contribution >= 0.6 is 0 Å². The molecule has 0 aliphatic rings. The molecule has 8 heteroatoms. The third kappa shape index (κ3) is 2.40. The molecule has 1 aromatic heterocycles. The first kappa shape index (κ1) is 13.8. The number of aryl methyl sites for hydroxylation is 1. The zero-order valence-corrected chi connectivity index (χ0v) is 11.7. The second-order valence-corrected chi connectivity index (χ2v) is 4.44. The number of nitro groups is 1. The van der Waals surface area contributed by atoms with Gasteiger partial charge in [-0.15, -0.1) is 0 Å². The first-order chi connectivity index (χ1) is 9.43. The van der Waals surface area contributed by atoms with Crippen molar-refractivity contribution in [3.63, 3.8) is 0 Å². The lowest BCUT2D eigenvalue weighted by Crippen LogP contribution is -2.10. The highest BCUT2D eigenvalue weighted by atomic mass is 16.6. The Balaban J connectivity index is 2.73. The Morgan fingerprint density at radius 2 is 2.10 bits per heavy atom. The van der Waals surface area contributed by atoms with Crippen LogP contribution in [-0.4, -0.2) is 40.9 Å². The summed E-state index contributed by atoms with van der Waals surface area (Å²) in [5.41, 5.74) is 1.06. The average Bonchev–Trinajstić information content (AvgIpc) is 2.83. The smallest absolute Gasteiger partial charge is 0.313 e. The van der Waals surface area contributed by atoms with Gasteiger partial charge in [0.15, 0.2) is 5.82 Å². The van der Waals surface area contributed by atoms with Gasteiger partial charge < -0.3 is 9.64 Å². The van der Waals surface area contributed by atoms with Crippen LogP contribution in [0.4, 0.5) is 11.4 Å². The molecule has 0 saturated heterocycles. The van der Waals surface area contributed by atoms with Crippen molar-refractivity contribution in [1.29, 1.82) is 0 Å². The Bertz CT molecular complexity index is 651. The number of anilines is 1. The fraction of sp³-hybridized carbons (Fsp3) is 0.333. The van der Waals surface area contributed by atoms with E-state index in [9.17, 15) is 10.1 Å². The number of benzene rings is 1. The first-order valence-corrected chi connectivity index (χ1v) is 5.83. The van der Waals surface area contributed by atoms with Crippen LogP contribution in [0.25, 0.3) is 11.4 Å². The van der Waals surface area contributed by atoms with Crippen LogP contribution in [0.5, 0.6) is 5.75 Å². The molecular weight excluding hydrogens is 262 g/mol. The molecule has 106 valence electrons. The summed E-state index contributed by atoms with van der Waals surface area (Å²) >= 11 is 0. The van der Waals surface area contributed by atoms with Crippen molar-refractivity contribution in [3.8, 4) is 17.1 Å². The molecule has 1 heterocycles. The van der Waals surface area contributed by atoms with Crippen LogP contribution in [-0.2, 0) is 7.05 Å². The van der Waals surface area contributed by atoms with Gasteiger partial charge in [0.05, 0.1) is 17.6 Å². The minimum Gasteiger partial charge on any atom is -0.490 e. The van der Waals surface area contributed by atoms with E-state index in [-0.39, 0.29) is 11.4 Å². The summed E-state index contributed by atoms with van der Waals surface area (Å²) in [7, 11) is 6.74. The summed E-state index contributed by atoms with van der Waals surface area (Å²) in [5.74, 6) is 0.544.